The fraction of sp³-hybridized carbons (Fsp3) is 0.933. The number of guanidine groups is 1. The average molecular weight is 412 g/mol. The van der Waals surface area contributed by atoms with Crippen LogP contribution in [0.5, 0.6) is 0 Å². The zero-order chi connectivity index (χ0) is 14.6. The van der Waals surface area contributed by atoms with Crippen LogP contribution in [0.25, 0.3) is 0 Å². The molecule has 1 saturated heterocycles. The Morgan fingerprint density at radius 3 is 2.86 bits per heavy atom. The van der Waals surface area contributed by atoms with Crippen LogP contribution in [0.2, 0.25) is 0 Å². The van der Waals surface area contributed by atoms with Crippen LogP contribution in [-0.4, -0.2) is 63.8 Å². The number of halogens is 1. The van der Waals surface area contributed by atoms with E-state index in [9.17, 15) is 0 Å². The van der Waals surface area contributed by atoms with Gasteiger partial charge in [-0.3, -0.25) is 4.99 Å². The second kappa shape index (κ2) is 13.6. The number of methoxy groups -OCH3 is 1. The van der Waals surface area contributed by atoms with Crippen LogP contribution >= 0.6 is 24.0 Å². The second-order valence-electron chi connectivity index (χ2n) is 5.58. The van der Waals surface area contributed by atoms with Crippen LogP contribution < -0.4 is 10.6 Å². The lowest BCUT2D eigenvalue weighted by Gasteiger charge is -2.30. The Balaban J connectivity index is 0.00000400. The molecule has 0 amide bonds. The van der Waals surface area contributed by atoms with Gasteiger partial charge in [-0.2, -0.15) is 0 Å². The van der Waals surface area contributed by atoms with E-state index in [1.807, 2.05) is 0 Å². The maximum absolute atomic E-state index is 5.03. The van der Waals surface area contributed by atoms with Crippen LogP contribution in [0.1, 0.15) is 33.1 Å². The van der Waals surface area contributed by atoms with E-state index in [4.69, 9.17) is 4.74 Å². The standard InChI is InChI=1S/C15H32N4O.HI/c1-4-16-15(18-9-12-20-3)17-8-6-11-19-10-5-7-14(2)13-19;/h14H,4-13H2,1-3H3,(H2,16,17,18);1H. The van der Waals surface area contributed by atoms with Gasteiger partial charge in [0.1, 0.15) is 0 Å². The summed E-state index contributed by atoms with van der Waals surface area (Å²) in [6, 6.07) is 0. The average Bonchev–Trinajstić information content (AvgIpc) is 2.44. The van der Waals surface area contributed by atoms with E-state index in [1.54, 1.807) is 7.11 Å². The Morgan fingerprint density at radius 1 is 1.38 bits per heavy atom. The summed E-state index contributed by atoms with van der Waals surface area (Å²) >= 11 is 0. The highest BCUT2D eigenvalue weighted by Crippen LogP contribution is 2.15. The summed E-state index contributed by atoms with van der Waals surface area (Å²) in [5.41, 5.74) is 0. The summed E-state index contributed by atoms with van der Waals surface area (Å²) in [6.45, 7) is 11.4. The summed E-state index contributed by atoms with van der Waals surface area (Å²) in [5.74, 6) is 1.76. The van der Waals surface area contributed by atoms with Crippen molar-refractivity contribution in [1.29, 1.82) is 0 Å². The van der Waals surface area contributed by atoms with Gasteiger partial charge in [0.2, 0.25) is 0 Å². The third-order valence-corrected chi connectivity index (χ3v) is 3.59. The van der Waals surface area contributed by atoms with E-state index < -0.39 is 0 Å². The minimum absolute atomic E-state index is 0. The number of piperidine rings is 1. The number of likely N-dealkylation sites (tertiary alicyclic amines) is 1. The normalized spacial score (nSPS) is 20.0. The van der Waals surface area contributed by atoms with Crippen molar-refractivity contribution in [2.24, 2.45) is 10.9 Å². The van der Waals surface area contributed by atoms with Crippen molar-refractivity contribution in [3.8, 4) is 0 Å². The number of nitrogens with zero attached hydrogens (tertiary/aromatic N) is 2. The Morgan fingerprint density at radius 2 is 2.19 bits per heavy atom. The van der Waals surface area contributed by atoms with E-state index in [0.717, 1.165) is 37.9 Å². The van der Waals surface area contributed by atoms with Crippen LogP contribution in [0.4, 0.5) is 0 Å². The van der Waals surface area contributed by atoms with E-state index >= 15 is 0 Å². The first-order valence-electron chi connectivity index (χ1n) is 7.99. The molecule has 0 aromatic rings. The number of hydrogen-bond donors (Lipinski definition) is 2. The fourth-order valence-corrected chi connectivity index (χ4v) is 2.59. The Labute approximate surface area is 147 Å². The highest BCUT2D eigenvalue weighted by molar-refractivity contribution is 14.0. The lowest BCUT2D eigenvalue weighted by atomic mass is 10.0. The molecule has 5 nitrogen and oxygen atoms in total. The van der Waals surface area contributed by atoms with Crippen molar-refractivity contribution in [3.63, 3.8) is 0 Å². The van der Waals surface area contributed by atoms with Crippen molar-refractivity contribution < 1.29 is 4.74 Å². The molecule has 1 aliphatic heterocycles. The van der Waals surface area contributed by atoms with E-state index in [-0.39, 0.29) is 24.0 Å². The van der Waals surface area contributed by atoms with Crippen LogP contribution in [-0.2, 0) is 4.74 Å². The van der Waals surface area contributed by atoms with Gasteiger partial charge in [0.25, 0.3) is 0 Å². The number of aliphatic imine (C=N–C) groups is 1. The van der Waals surface area contributed by atoms with Crippen LogP contribution in [0.15, 0.2) is 4.99 Å². The predicted octanol–water partition coefficient (Wildman–Crippen LogP) is 1.93. The molecule has 1 atom stereocenters. The van der Waals surface area contributed by atoms with Crippen molar-refractivity contribution in [2.45, 2.75) is 33.1 Å². The van der Waals surface area contributed by atoms with Gasteiger partial charge in [-0.15, -0.1) is 24.0 Å². The highest BCUT2D eigenvalue weighted by Gasteiger charge is 2.15. The van der Waals surface area contributed by atoms with Crippen LogP contribution in [0, 0.1) is 5.92 Å². The third kappa shape index (κ3) is 10.3. The predicted molar refractivity (Wildman–Crippen MR) is 101 cm³/mol. The Hall–Kier alpha value is -0.0800. The first-order valence-corrected chi connectivity index (χ1v) is 7.99. The molecule has 0 radical (unpaired) electrons. The molecule has 0 aromatic heterocycles. The molecule has 0 saturated carbocycles. The van der Waals surface area contributed by atoms with Crippen molar-refractivity contribution >= 4 is 29.9 Å². The minimum atomic E-state index is 0. The summed E-state index contributed by atoms with van der Waals surface area (Å²) < 4.78 is 5.03. The van der Waals surface area contributed by atoms with E-state index in [2.05, 4.69) is 34.4 Å². The SMILES string of the molecule is CCNC(=NCCCN1CCCC(C)C1)NCCOC.I. The lowest BCUT2D eigenvalue weighted by molar-refractivity contribution is 0.183. The summed E-state index contributed by atoms with van der Waals surface area (Å²) in [4.78, 5) is 7.18. The van der Waals surface area contributed by atoms with Gasteiger partial charge < -0.3 is 20.3 Å². The fourth-order valence-electron chi connectivity index (χ4n) is 2.59. The van der Waals surface area contributed by atoms with E-state index in [1.165, 1.54) is 32.5 Å². The molecular weight excluding hydrogens is 379 g/mol. The molecule has 1 aliphatic rings. The van der Waals surface area contributed by atoms with Crippen molar-refractivity contribution in [1.82, 2.24) is 15.5 Å². The quantitative estimate of drug-likeness (QED) is 0.277. The Kier molecular flexibility index (Phi) is 13.5. The molecule has 1 unspecified atom stereocenters. The number of nitrogens with one attached hydrogen (secondary N) is 2. The van der Waals surface area contributed by atoms with Gasteiger partial charge in [0.15, 0.2) is 5.96 Å². The van der Waals surface area contributed by atoms with Crippen molar-refractivity contribution in [2.75, 3.05) is 53.0 Å². The molecule has 0 bridgehead atoms. The van der Waals surface area contributed by atoms with Crippen molar-refractivity contribution in [3.05, 3.63) is 0 Å². The summed E-state index contributed by atoms with van der Waals surface area (Å²) in [7, 11) is 1.71. The summed E-state index contributed by atoms with van der Waals surface area (Å²) in [6.07, 6.45) is 3.88. The third-order valence-electron chi connectivity index (χ3n) is 3.59. The molecule has 126 valence electrons. The molecule has 2 N–H and O–H groups in total. The molecule has 0 aliphatic carbocycles. The van der Waals surface area contributed by atoms with Gasteiger partial charge in [0, 0.05) is 33.3 Å². The zero-order valence-corrected chi connectivity index (χ0v) is 16.2. The monoisotopic (exact) mass is 412 g/mol. The lowest BCUT2D eigenvalue weighted by Crippen LogP contribution is -2.39. The molecule has 0 aromatic carbocycles. The van der Waals surface area contributed by atoms with Gasteiger partial charge >= 0.3 is 0 Å². The molecular formula is C15H33IN4O. The zero-order valence-electron chi connectivity index (χ0n) is 13.9. The van der Waals surface area contributed by atoms with Gasteiger partial charge in [-0.05, 0) is 45.2 Å². The minimum Gasteiger partial charge on any atom is -0.383 e. The molecule has 1 fully saturated rings. The van der Waals surface area contributed by atoms with Gasteiger partial charge in [-0.25, -0.2) is 0 Å². The number of ether oxygens (including phenoxy) is 1. The largest absolute Gasteiger partial charge is 0.383 e. The second-order valence-corrected chi connectivity index (χ2v) is 5.58. The molecule has 6 heteroatoms. The molecule has 21 heavy (non-hydrogen) atoms. The van der Waals surface area contributed by atoms with Gasteiger partial charge in [0.05, 0.1) is 6.61 Å². The first-order chi connectivity index (χ1) is 9.76. The molecule has 0 spiro atoms. The number of rotatable bonds is 8. The Bertz CT molecular complexity index is 276. The number of hydrogen-bond acceptors (Lipinski definition) is 3. The molecule has 1 heterocycles. The highest BCUT2D eigenvalue weighted by atomic mass is 127. The maximum atomic E-state index is 5.03. The van der Waals surface area contributed by atoms with E-state index in [0.29, 0.717) is 6.61 Å². The maximum Gasteiger partial charge on any atom is 0.191 e. The summed E-state index contributed by atoms with van der Waals surface area (Å²) in [5, 5.41) is 6.52. The molecule has 1 rings (SSSR count). The van der Waals surface area contributed by atoms with Gasteiger partial charge in [-0.1, -0.05) is 6.92 Å². The first kappa shape index (κ1) is 20.9. The topological polar surface area (TPSA) is 48.9 Å². The van der Waals surface area contributed by atoms with Crippen LogP contribution in [0.3, 0.4) is 0 Å². The smallest absolute Gasteiger partial charge is 0.191 e.